The summed E-state index contributed by atoms with van der Waals surface area (Å²) < 4.78 is 0.141. The van der Waals surface area contributed by atoms with Crippen molar-refractivity contribution in [1.29, 1.82) is 0 Å². The Hall–Kier alpha value is -1.73. The minimum absolute atomic E-state index is 0.0436. The number of nitrogens with zero attached hydrogens (tertiary/aromatic N) is 2. The summed E-state index contributed by atoms with van der Waals surface area (Å²) in [6.45, 7) is 7.27. The molecule has 7 heteroatoms. The summed E-state index contributed by atoms with van der Waals surface area (Å²) in [4.78, 5) is 18.5. The van der Waals surface area contributed by atoms with Crippen LogP contribution in [0.25, 0.3) is 0 Å². The fourth-order valence-electron chi connectivity index (χ4n) is 2.09. The Bertz CT molecular complexity index is 601. The lowest BCUT2D eigenvalue weighted by Gasteiger charge is -2.23. The predicted octanol–water partition coefficient (Wildman–Crippen LogP) is 1.78. The summed E-state index contributed by atoms with van der Waals surface area (Å²) in [7, 11) is 5.73. The fraction of sp³-hybridized carbons (Fsp3) is 0.579. The average Bonchev–Trinajstić information content (AvgIpc) is 2.61. The number of thioether (sulfide) groups is 1. The van der Waals surface area contributed by atoms with Crippen molar-refractivity contribution in [1.82, 2.24) is 20.9 Å². The topological polar surface area (TPSA) is 68.8 Å². The molecule has 0 fully saturated rings. The fourth-order valence-corrected chi connectivity index (χ4v) is 2.31. The van der Waals surface area contributed by atoms with Crippen molar-refractivity contribution in [3.8, 4) is 0 Å². The highest BCUT2D eigenvalue weighted by molar-refractivity contribution is 7.99. The maximum absolute atomic E-state index is 12.2. The molecule has 26 heavy (non-hydrogen) atoms. The third kappa shape index (κ3) is 8.58. The van der Waals surface area contributed by atoms with Gasteiger partial charge in [-0.2, -0.15) is 11.8 Å². The standard InChI is InChI=1S/C19H33N5OS/c1-19(2,26-6)14-23-18(20-3)22-13-15-8-7-9-16(12-15)17(25)21-10-11-24(4)5/h7-9,12H,10-11,13-14H2,1-6H3,(H,21,25)(H2,20,22,23). The zero-order chi connectivity index (χ0) is 19.6. The molecule has 0 unspecified atom stereocenters. The Labute approximate surface area is 162 Å². The molecule has 0 aliphatic carbocycles. The van der Waals surface area contributed by atoms with E-state index in [1.807, 2.05) is 55.0 Å². The van der Waals surface area contributed by atoms with Crippen molar-refractivity contribution in [2.75, 3.05) is 47.0 Å². The molecule has 1 rings (SSSR count). The Morgan fingerprint density at radius 3 is 2.58 bits per heavy atom. The zero-order valence-corrected chi connectivity index (χ0v) is 17.7. The smallest absolute Gasteiger partial charge is 0.251 e. The van der Waals surface area contributed by atoms with Gasteiger partial charge in [-0.1, -0.05) is 12.1 Å². The summed E-state index contributed by atoms with van der Waals surface area (Å²) in [5, 5.41) is 9.58. The first kappa shape index (κ1) is 22.3. The van der Waals surface area contributed by atoms with Crippen molar-refractivity contribution in [2.24, 2.45) is 4.99 Å². The average molecular weight is 380 g/mol. The number of aliphatic imine (C=N–C) groups is 1. The van der Waals surface area contributed by atoms with Gasteiger partial charge in [-0.05, 0) is 51.9 Å². The number of hydrogen-bond donors (Lipinski definition) is 3. The van der Waals surface area contributed by atoms with E-state index >= 15 is 0 Å². The molecule has 146 valence electrons. The minimum atomic E-state index is -0.0436. The molecule has 0 heterocycles. The second kappa shape index (κ2) is 11.1. The first-order chi connectivity index (χ1) is 12.3. The van der Waals surface area contributed by atoms with Gasteiger partial charge in [-0.15, -0.1) is 0 Å². The van der Waals surface area contributed by atoms with Gasteiger partial charge in [-0.25, -0.2) is 0 Å². The van der Waals surface area contributed by atoms with Crippen LogP contribution >= 0.6 is 11.8 Å². The Morgan fingerprint density at radius 2 is 1.96 bits per heavy atom. The van der Waals surface area contributed by atoms with E-state index in [1.54, 1.807) is 7.05 Å². The number of guanidine groups is 1. The van der Waals surface area contributed by atoms with Crippen LogP contribution in [0.1, 0.15) is 29.8 Å². The van der Waals surface area contributed by atoms with Crippen LogP contribution in [0, 0.1) is 0 Å². The van der Waals surface area contributed by atoms with E-state index in [1.165, 1.54) is 0 Å². The summed E-state index contributed by atoms with van der Waals surface area (Å²) in [6.07, 6.45) is 2.10. The lowest BCUT2D eigenvalue weighted by atomic mass is 10.1. The number of rotatable bonds is 9. The van der Waals surface area contributed by atoms with Gasteiger partial charge in [0.2, 0.25) is 0 Å². The number of likely N-dealkylation sites (N-methyl/N-ethyl adjacent to an activating group) is 1. The van der Waals surface area contributed by atoms with Crippen LogP contribution in [-0.2, 0) is 6.54 Å². The van der Waals surface area contributed by atoms with Crippen molar-refractivity contribution >= 4 is 23.6 Å². The Balaban J connectivity index is 2.55. The maximum Gasteiger partial charge on any atom is 0.251 e. The second-order valence-electron chi connectivity index (χ2n) is 7.00. The summed E-state index contributed by atoms with van der Waals surface area (Å²) in [5.41, 5.74) is 1.71. The molecule has 0 radical (unpaired) electrons. The van der Waals surface area contributed by atoms with Crippen molar-refractivity contribution in [2.45, 2.75) is 25.1 Å². The molecule has 1 aromatic carbocycles. The van der Waals surface area contributed by atoms with Gasteiger partial charge in [0.1, 0.15) is 0 Å². The van der Waals surface area contributed by atoms with Crippen LogP contribution in [0.2, 0.25) is 0 Å². The molecular weight excluding hydrogens is 346 g/mol. The number of carbonyl (C=O) groups excluding carboxylic acids is 1. The zero-order valence-electron chi connectivity index (χ0n) is 16.8. The summed E-state index contributed by atoms with van der Waals surface area (Å²) in [5.74, 6) is 0.714. The van der Waals surface area contributed by atoms with E-state index in [0.717, 1.165) is 24.6 Å². The van der Waals surface area contributed by atoms with Gasteiger partial charge < -0.3 is 20.9 Å². The minimum Gasteiger partial charge on any atom is -0.355 e. The molecule has 0 saturated carbocycles. The predicted molar refractivity (Wildman–Crippen MR) is 113 cm³/mol. The number of amides is 1. The summed E-state index contributed by atoms with van der Waals surface area (Å²) in [6, 6.07) is 7.66. The van der Waals surface area contributed by atoms with Crippen LogP contribution in [0.15, 0.2) is 29.3 Å². The van der Waals surface area contributed by atoms with Crippen LogP contribution in [0.5, 0.6) is 0 Å². The molecule has 0 saturated heterocycles. The molecule has 1 aromatic rings. The van der Waals surface area contributed by atoms with Crippen molar-refractivity contribution in [3.63, 3.8) is 0 Å². The SMILES string of the molecule is CN=C(NCc1cccc(C(=O)NCCN(C)C)c1)NCC(C)(C)SC. The van der Waals surface area contributed by atoms with Crippen LogP contribution in [0.4, 0.5) is 0 Å². The maximum atomic E-state index is 12.2. The van der Waals surface area contributed by atoms with Gasteiger partial charge in [0, 0.05) is 43.5 Å². The number of carbonyl (C=O) groups is 1. The monoisotopic (exact) mass is 379 g/mol. The van der Waals surface area contributed by atoms with Crippen molar-refractivity contribution in [3.05, 3.63) is 35.4 Å². The molecule has 0 atom stereocenters. The van der Waals surface area contributed by atoms with E-state index in [-0.39, 0.29) is 10.7 Å². The third-order valence-electron chi connectivity index (χ3n) is 3.95. The van der Waals surface area contributed by atoms with Crippen molar-refractivity contribution < 1.29 is 4.79 Å². The number of benzene rings is 1. The van der Waals surface area contributed by atoms with E-state index in [4.69, 9.17) is 0 Å². The van der Waals surface area contributed by atoms with E-state index in [0.29, 0.717) is 18.7 Å². The highest BCUT2D eigenvalue weighted by Gasteiger charge is 2.16. The molecule has 0 aliphatic heterocycles. The van der Waals surface area contributed by atoms with Crippen LogP contribution in [-0.4, -0.2) is 68.5 Å². The normalized spacial score (nSPS) is 12.2. The first-order valence-corrected chi connectivity index (χ1v) is 10.0. The van der Waals surface area contributed by atoms with E-state index in [2.05, 4.69) is 41.0 Å². The van der Waals surface area contributed by atoms with Gasteiger partial charge in [0.25, 0.3) is 5.91 Å². The molecule has 0 spiro atoms. The van der Waals surface area contributed by atoms with E-state index < -0.39 is 0 Å². The highest BCUT2D eigenvalue weighted by atomic mass is 32.2. The molecular formula is C19H33N5OS. The molecule has 1 amide bonds. The third-order valence-corrected chi connectivity index (χ3v) is 5.20. The molecule has 6 nitrogen and oxygen atoms in total. The quantitative estimate of drug-likeness (QED) is 0.451. The lowest BCUT2D eigenvalue weighted by molar-refractivity contribution is 0.0951. The van der Waals surface area contributed by atoms with Crippen LogP contribution < -0.4 is 16.0 Å². The Kier molecular flexibility index (Phi) is 9.51. The van der Waals surface area contributed by atoms with Gasteiger partial charge in [0.05, 0.1) is 0 Å². The lowest BCUT2D eigenvalue weighted by Crippen LogP contribution is -2.43. The first-order valence-electron chi connectivity index (χ1n) is 8.79. The van der Waals surface area contributed by atoms with Gasteiger partial charge in [-0.3, -0.25) is 9.79 Å². The molecule has 3 N–H and O–H groups in total. The molecule has 0 bridgehead atoms. The molecule has 0 aromatic heterocycles. The molecule has 0 aliphatic rings. The van der Waals surface area contributed by atoms with Crippen LogP contribution in [0.3, 0.4) is 0 Å². The second-order valence-corrected chi connectivity index (χ2v) is 8.52. The van der Waals surface area contributed by atoms with Gasteiger partial charge >= 0.3 is 0 Å². The highest BCUT2D eigenvalue weighted by Crippen LogP contribution is 2.19. The largest absolute Gasteiger partial charge is 0.355 e. The summed E-state index contributed by atoms with van der Waals surface area (Å²) >= 11 is 1.81. The van der Waals surface area contributed by atoms with E-state index in [9.17, 15) is 4.79 Å². The van der Waals surface area contributed by atoms with Gasteiger partial charge in [0.15, 0.2) is 5.96 Å². The number of nitrogens with one attached hydrogen (secondary N) is 3. The Morgan fingerprint density at radius 1 is 1.23 bits per heavy atom. The number of hydrogen-bond acceptors (Lipinski definition) is 4.